The van der Waals surface area contributed by atoms with Crippen molar-refractivity contribution in [3.63, 3.8) is 0 Å². The lowest BCUT2D eigenvalue weighted by Gasteiger charge is -2.32. The fourth-order valence-corrected chi connectivity index (χ4v) is 2.18. The number of nitrogens with zero attached hydrogens (tertiary/aromatic N) is 1. The molecule has 1 aliphatic rings. The van der Waals surface area contributed by atoms with Crippen molar-refractivity contribution >= 4 is 22.5 Å². The van der Waals surface area contributed by atoms with E-state index >= 15 is 0 Å². The highest BCUT2D eigenvalue weighted by Gasteiger charge is 2.24. The van der Waals surface area contributed by atoms with Crippen LogP contribution in [0.4, 0.5) is 11.4 Å². The van der Waals surface area contributed by atoms with Crippen molar-refractivity contribution in [2.45, 2.75) is 5.44 Å². The number of hydrogen-bond acceptors (Lipinski definition) is 4. The molecular weight excluding hydrogens is 228 g/mol. The van der Waals surface area contributed by atoms with E-state index in [2.05, 4.69) is 0 Å². The second-order valence-electron chi connectivity index (χ2n) is 3.61. The van der Waals surface area contributed by atoms with Crippen LogP contribution in [0.3, 0.4) is 0 Å². The predicted octanol–water partition coefficient (Wildman–Crippen LogP) is 0.653. The summed E-state index contributed by atoms with van der Waals surface area (Å²) in [5.41, 5.74) is 6.67. The fourth-order valence-electron chi connectivity index (χ4n) is 1.66. The molecule has 0 saturated carbocycles. The minimum absolute atomic E-state index is 0.424. The SMILES string of the molecule is Nc1ccc(N2CCOC(S(=O)O)C2)cc1. The monoisotopic (exact) mass is 242 g/mol. The lowest BCUT2D eigenvalue weighted by atomic mass is 10.2. The zero-order valence-electron chi connectivity index (χ0n) is 8.70. The van der Waals surface area contributed by atoms with E-state index in [0.717, 1.165) is 12.2 Å². The quantitative estimate of drug-likeness (QED) is 0.588. The van der Waals surface area contributed by atoms with E-state index in [9.17, 15) is 4.21 Å². The van der Waals surface area contributed by atoms with Crippen molar-refractivity contribution < 1.29 is 13.5 Å². The van der Waals surface area contributed by atoms with Crippen LogP contribution in [0.1, 0.15) is 0 Å². The van der Waals surface area contributed by atoms with Crippen molar-refractivity contribution in [3.8, 4) is 0 Å². The van der Waals surface area contributed by atoms with Gasteiger partial charge in [-0.15, -0.1) is 0 Å². The Morgan fingerprint density at radius 1 is 1.44 bits per heavy atom. The third-order valence-corrected chi connectivity index (χ3v) is 3.25. The fraction of sp³-hybridized carbons (Fsp3) is 0.400. The van der Waals surface area contributed by atoms with Gasteiger partial charge in [0.15, 0.2) is 16.5 Å². The van der Waals surface area contributed by atoms with E-state index in [1.807, 2.05) is 29.2 Å². The number of benzene rings is 1. The van der Waals surface area contributed by atoms with Gasteiger partial charge in [-0.25, -0.2) is 4.21 Å². The van der Waals surface area contributed by atoms with Crippen molar-refractivity contribution in [3.05, 3.63) is 24.3 Å². The van der Waals surface area contributed by atoms with Crippen molar-refractivity contribution in [1.29, 1.82) is 0 Å². The molecule has 0 aliphatic carbocycles. The number of nitrogens with two attached hydrogens (primary N) is 1. The first-order valence-corrected chi connectivity index (χ1v) is 6.15. The van der Waals surface area contributed by atoms with Gasteiger partial charge in [-0.2, -0.15) is 0 Å². The lowest BCUT2D eigenvalue weighted by Crippen LogP contribution is -2.44. The molecule has 0 amide bonds. The Kier molecular flexibility index (Phi) is 3.42. The number of anilines is 2. The minimum Gasteiger partial charge on any atom is -0.399 e. The van der Waals surface area contributed by atoms with Gasteiger partial charge < -0.3 is 19.9 Å². The maximum Gasteiger partial charge on any atom is 0.184 e. The van der Waals surface area contributed by atoms with Crippen molar-refractivity contribution in [2.24, 2.45) is 0 Å². The van der Waals surface area contributed by atoms with E-state index in [-0.39, 0.29) is 0 Å². The molecule has 3 N–H and O–H groups in total. The Balaban J connectivity index is 2.09. The van der Waals surface area contributed by atoms with Crippen LogP contribution in [0.25, 0.3) is 0 Å². The van der Waals surface area contributed by atoms with E-state index in [1.165, 1.54) is 0 Å². The molecule has 0 spiro atoms. The van der Waals surface area contributed by atoms with Crippen LogP contribution in [-0.4, -0.2) is 33.9 Å². The van der Waals surface area contributed by atoms with E-state index in [0.29, 0.717) is 18.8 Å². The van der Waals surface area contributed by atoms with Crippen LogP contribution >= 0.6 is 0 Å². The lowest BCUT2D eigenvalue weighted by molar-refractivity contribution is 0.0903. The highest BCUT2D eigenvalue weighted by molar-refractivity contribution is 7.79. The zero-order chi connectivity index (χ0) is 11.5. The number of rotatable bonds is 2. The van der Waals surface area contributed by atoms with Crippen molar-refractivity contribution in [1.82, 2.24) is 0 Å². The Bertz CT molecular complexity index is 382. The van der Waals surface area contributed by atoms with E-state index in [4.69, 9.17) is 15.0 Å². The topological polar surface area (TPSA) is 75.8 Å². The standard InChI is InChI=1S/C10H14N2O3S/c11-8-1-3-9(4-2-8)12-5-6-15-10(7-12)16(13)14/h1-4,10H,5-7,11H2,(H,13,14). The molecule has 1 aromatic rings. The second kappa shape index (κ2) is 4.82. The second-order valence-corrected chi connectivity index (χ2v) is 4.69. The zero-order valence-corrected chi connectivity index (χ0v) is 9.52. The average molecular weight is 242 g/mol. The summed E-state index contributed by atoms with van der Waals surface area (Å²) in [6.45, 7) is 1.60. The molecule has 1 saturated heterocycles. The summed E-state index contributed by atoms with van der Waals surface area (Å²) in [5, 5.41) is 0. The first-order chi connectivity index (χ1) is 7.66. The Labute approximate surface area is 96.5 Å². The Morgan fingerprint density at radius 2 is 2.12 bits per heavy atom. The molecular formula is C10H14N2O3S. The van der Waals surface area contributed by atoms with Crippen LogP contribution < -0.4 is 10.6 Å². The Morgan fingerprint density at radius 3 is 2.75 bits per heavy atom. The molecule has 1 aromatic carbocycles. The number of ether oxygens (including phenoxy) is 1. The number of hydrogen-bond donors (Lipinski definition) is 2. The summed E-state index contributed by atoms with van der Waals surface area (Å²) < 4.78 is 25.1. The van der Waals surface area contributed by atoms with Crippen LogP contribution in [0.2, 0.25) is 0 Å². The van der Waals surface area contributed by atoms with Crippen LogP contribution in [0.5, 0.6) is 0 Å². The summed E-state index contributed by atoms with van der Waals surface area (Å²) in [6.07, 6.45) is 0. The van der Waals surface area contributed by atoms with Gasteiger partial charge in [-0.05, 0) is 24.3 Å². The van der Waals surface area contributed by atoms with Crippen molar-refractivity contribution in [2.75, 3.05) is 30.3 Å². The summed E-state index contributed by atoms with van der Waals surface area (Å²) in [4.78, 5) is 2.02. The predicted molar refractivity (Wildman–Crippen MR) is 63.6 cm³/mol. The van der Waals surface area contributed by atoms with Gasteiger partial charge in [0.2, 0.25) is 0 Å². The first kappa shape index (κ1) is 11.4. The summed E-state index contributed by atoms with van der Waals surface area (Å²) >= 11 is -1.94. The third kappa shape index (κ3) is 2.52. The largest absolute Gasteiger partial charge is 0.399 e. The molecule has 1 aliphatic heterocycles. The molecule has 1 fully saturated rings. The normalized spacial score (nSPS) is 23.1. The summed E-state index contributed by atoms with van der Waals surface area (Å²) in [7, 11) is 0. The van der Waals surface area contributed by atoms with Gasteiger partial charge in [-0.1, -0.05) is 0 Å². The molecule has 88 valence electrons. The number of morpholine rings is 1. The van der Waals surface area contributed by atoms with Gasteiger partial charge in [0.05, 0.1) is 13.2 Å². The molecule has 5 nitrogen and oxygen atoms in total. The molecule has 16 heavy (non-hydrogen) atoms. The van der Waals surface area contributed by atoms with E-state index < -0.39 is 16.5 Å². The van der Waals surface area contributed by atoms with Gasteiger partial charge in [0, 0.05) is 17.9 Å². The smallest absolute Gasteiger partial charge is 0.184 e. The third-order valence-electron chi connectivity index (χ3n) is 2.52. The Hall–Kier alpha value is -1.11. The highest BCUT2D eigenvalue weighted by atomic mass is 32.2. The first-order valence-electron chi connectivity index (χ1n) is 4.98. The van der Waals surface area contributed by atoms with Gasteiger partial charge in [0.1, 0.15) is 0 Å². The molecule has 0 radical (unpaired) electrons. The maximum atomic E-state index is 10.9. The molecule has 0 bridgehead atoms. The van der Waals surface area contributed by atoms with E-state index in [1.54, 1.807) is 0 Å². The summed E-state index contributed by atoms with van der Waals surface area (Å²) in [5.74, 6) is 0. The van der Waals surface area contributed by atoms with Gasteiger partial charge >= 0.3 is 0 Å². The number of nitrogen functional groups attached to an aromatic ring is 1. The highest BCUT2D eigenvalue weighted by Crippen LogP contribution is 2.19. The average Bonchev–Trinajstić information content (AvgIpc) is 2.30. The van der Waals surface area contributed by atoms with Crippen LogP contribution in [0.15, 0.2) is 24.3 Å². The molecule has 0 aromatic heterocycles. The summed E-state index contributed by atoms with van der Waals surface area (Å²) in [6, 6.07) is 7.43. The van der Waals surface area contributed by atoms with Gasteiger partial charge in [0.25, 0.3) is 0 Å². The van der Waals surface area contributed by atoms with Crippen LogP contribution in [-0.2, 0) is 15.8 Å². The van der Waals surface area contributed by atoms with Gasteiger partial charge in [-0.3, -0.25) is 0 Å². The molecule has 2 unspecified atom stereocenters. The van der Waals surface area contributed by atoms with Crippen LogP contribution in [0, 0.1) is 0 Å². The maximum absolute atomic E-state index is 10.9. The molecule has 1 heterocycles. The molecule has 6 heteroatoms. The minimum atomic E-state index is -1.94. The molecule has 2 atom stereocenters. The molecule has 2 rings (SSSR count).